The van der Waals surface area contributed by atoms with Crippen molar-refractivity contribution in [2.45, 2.75) is 26.7 Å². The Balaban J connectivity index is 0. The summed E-state index contributed by atoms with van der Waals surface area (Å²) in [4.78, 5) is 20.6. The van der Waals surface area contributed by atoms with Crippen molar-refractivity contribution in [1.29, 1.82) is 0 Å². The van der Waals surface area contributed by atoms with Gasteiger partial charge in [-0.3, -0.25) is 0 Å². The number of ether oxygens (including phenoxy) is 1. The van der Waals surface area contributed by atoms with E-state index in [1.54, 1.807) is 0 Å². The van der Waals surface area contributed by atoms with E-state index in [1.807, 2.05) is 13.8 Å². The lowest BCUT2D eigenvalue weighted by molar-refractivity contribution is -0.135. The molecule has 0 aliphatic heterocycles. The van der Waals surface area contributed by atoms with Gasteiger partial charge in [0.15, 0.2) is 0 Å². The molecule has 2 N–H and O–H groups in total. The first-order valence-electron chi connectivity index (χ1n) is 5.09. The summed E-state index contributed by atoms with van der Waals surface area (Å²) in [7, 11) is 1.50. The van der Waals surface area contributed by atoms with Gasteiger partial charge in [0.1, 0.15) is 0 Å². The van der Waals surface area contributed by atoms with Gasteiger partial charge in [-0.25, -0.2) is 9.59 Å². The highest BCUT2D eigenvalue weighted by molar-refractivity contribution is 5.94. The monoisotopic (exact) mass is 244 g/mol. The van der Waals surface area contributed by atoms with E-state index in [0.717, 1.165) is 0 Å². The standard InChI is InChI=1S/C8H12O5.C4H8/c1-13-4-2-3-6(8(11)12)5-7(9)10;1-4(2)3/h5H,2-4H2,1H3,(H,9,10)(H,11,12);1H2,2-3H3/b6-5-;. The molecule has 5 nitrogen and oxygen atoms in total. The van der Waals surface area contributed by atoms with E-state index in [0.29, 0.717) is 19.1 Å². The fraction of sp³-hybridized carbons (Fsp3) is 0.500. The topological polar surface area (TPSA) is 83.8 Å². The zero-order valence-corrected chi connectivity index (χ0v) is 10.5. The minimum absolute atomic E-state index is 0.107. The molecular weight excluding hydrogens is 224 g/mol. The van der Waals surface area contributed by atoms with Crippen LogP contribution in [0.25, 0.3) is 0 Å². The molecule has 0 aliphatic carbocycles. The Morgan fingerprint density at radius 3 is 2.06 bits per heavy atom. The Morgan fingerprint density at radius 2 is 1.76 bits per heavy atom. The van der Waals surface area contributed by atoms with E-state index in [9.17, 15) is 9.59 Å². The van der Waals surface area contributed by atoms with E-state index in [1.165, 1.54) is 12.7 Å². The van der Waals surface area contributed by atoms with Crippen LogP contribution in [-0.2, 0) is 14.3 Å². The summed E-state index contributed by atoms with van der Waals surface area (Å²) in [6.07, 6.45) is 1.41. The van der Waals surface area contributed by atoms with Crippen LogP contribution in [0.5, 0.6) is 0 Å². The number of carbonyl (C=O) groups is 2. The predicted molar refractivity (Wildman–Crippen MR) is 65.0 cm³/mol. The molecule has 0 unspecified atom stereocenters. The van der Waals surface area contributed by atoms with Crippen molar-refractivity contribution in [2.24, 2.45) is 0 Å². The molecule has 98 valence electrons. The van der Waals surface area contributed by atoms with Gasteiger partial charge in [-0.1, -0.05) is 5.57 Å². The van der Waals surface area contributed by atoms with Crippen molar-refractivity contribution in [3.05, 3.63) is 23.8 Å². The normalized spacial score (nSPS) is 10.2. The first-order valence-corrected chi connectivity index (χ1v) is 5.09. The highest BCUT2D eigenvalue weighted by Crippen LogP contribution is 2.05. The molecule has 0 bridgehead atoms. The molecule has 0 rings (SSSR count). The maximum atomic E-state index is 10.5. The highest BCUT2D eigenvalue weighted by Gasteiger charge is 2.08. The summed E-state index contributed by atoms with van der Waals surface area (Å²) < 4.78 is 4.71. The molecule has 0 saturated carbocycles. The van der Waals surface area contributed by atoms with Crippen LogP contribution in [0.15, 0.2) is 23.8 Å². The number of aliphatic carboxylic acids is 2. The van der Waals surface area contributed by atoms with E-state index < -0.39 is 11.9 Å². The molecule has 0 aromatic heterocycles. The third kappa shape index (κ3) is 17.0. The number of carboxylic acid groups (broad SMARTS) is 2. The minimum Gasteiger partial charge on any atom is -0.478 e. The van der Waals surface area contributed by atoms with E-state index in [4.69, 9.17) is 14.9 Å². The predicted octanol–water partition coefficient (Wildman–Crippen LogP) is 2.09. The molecular formula is C12H20O5. The molecule has 0 heterocycles. The average Bonchev–Trinajstić information content (AvgIpc) is 2.14. The van der Waals surface area contributed by atoms with Gasteiger partial charge in [-0.15, -0.1) is 6.58 Å². The molecule has 5 heteroatoms. The van der Waals surface area contributed by atoms with Crippen molar-refractivity contribution in [3.63, 3.8) is 0 Å². The Bertz CT molecular complexity index is 287. The third-order valence-electron chi connectivity index (χ3n) is 1.37. The Kier molecular flexibility index (Phi) is 11.4. The maximum Gasteiger partial charge on any atom is 0.331 e. The molecule has 0 saturated heterocycles. The molecule has 0 radical (unpaired) electrons. The van der Waals surface area contributed by atoms with Crippen LogP contribution in [-0.4, -0.2) is 35.9 Å². The fourth-order valence-corrected chi connectivity index (χ4v) is 0.797. The molecule has 0 amide bonds. The van der Waals surface area contributed by atoms with E-state index in [2.05, 4.69) is 6.58 Å². The van der Waals surface area contributed by atoms with Crippen molar-refractivity contribution in [1.82, 2.24) is 0 Å². The lowest BCUT2D eigenvalue weighted by Crippen LogP contribution is -2.05. The van der Waals surface area contributed by atoms with Gasteiger partial charge in [-0.05, 0) is 26.7 Å². The average molecular weight is 244 g/mol. The van der Waals surface area contributed by atoms with E-state index >= 15 is 0 Å². The number of carboxylic acids is 2. The number of hydrogen-bond acceptors (Lipinski definition) is 3. The lowest BCUT2D eigenvalue weighted by Gasteiger charge is -2.00. The molecule has 0 fully saturated rings. The SMILES string of the molecule is C=C(C)C.COCCC/C(=C/C(=O)O)C(=O)O. The first kappa shape index (κ1) is 17.8. The lowest BCUT2D eigenvalue weighted by atomic mass is 10.1. The molecule has 0 aliphatic rings. The summed E-state index contributed by atoms with van der Waals surface area (Å²) in [6.45, 7) is 7.92. The van der Waals surface area contributed by atoms with Crippen LogP contribution >= 0.6 is 0 Å². The third-order valence-corrected chi connectivity index (χ3v) is 1.37. The van der Waals surface area contributed by atoms with Gasteiger partial charge in [0, 0.05) is 25.4 Å². The Morgan fingerprint density at radius 1 is 1.29 bits per heavy atom. The Hall–Kier alpha value is -1.62. The molecule has 0 atom stereocenters. The van der Waals surface area contributed by atoms with Crippen LogP contribution in [0.2, 0.25) is 0 Å². The number of rotatable bonds is 6. The molecule has 0 aromatic rings. The van der Waals surface area contributed by atoms with Crippen LogP contribution < -0.4 is 0 Å². The quantitative estimate of drug-likeness (QED) is 0.424. The van der Waals surface area contributed by atoms with Crippen LogP contribution in [0, 0.1) is 0 Å². The smallest absolute Gasteiger partial charge is 0.331 e. The van der Waals surface area contributed by atoms with Crippen molar-refractivity contribution < 1.29 is 24.5 Å². The second kappa shape index (κ2) is 10.9. The molecule has 17 heavy (non-hydrogen) atoms. The summed E-state index contributed by atoms with van der Waals surface area (Å²) in [5.41, 5.74) is 1.06. The van der Waals surface area contributed by atoms with Crippen LogP contribution in [0.1, 0.15) is 26.7 Å². The summed E-state index contributed by atoms with van der Waals surface area (Å²) in [6, 6.07) is 0. The van der Waals surface area contributed by atoms with E-state index in [-0.39, 0.29) is 12.0 Å². The van der Waals surface area contributed by atoms with Crippen LogP contribution in [0.3, 0.4) is 0 Å². The molecule has 0 spiro atoms. The largest absolute Gasteiger partial charge is 0.478 e. The minimum atomic E-state index is -1.24. The number of hydrogen-bond donors (Lipinski definition) is 2. The second-order valence-electron chi connectivity index (χ2n) is 3.62. The summed E-state index contributed by atoms with van der Waals surface area (Å²) in [5, 5.41) is 16.9. The van der Waals surface area contributed by atoms with Crippen molar-refractivity contribution >= 4 is 11.9 Å². The second-order valence-corrected chi connectivity index (χ2v) is 3.62. The van der Waals surface area contributed by atoms with Gasteiger partial charge in [0.25, 0.3) is 0 Å². The van der Waals surface area contributed by atoms with Gasteiger partial charge in [-0.2, -0.15) is 0 Å². The number of allylic oxidation sites excluding steroid dienone is 1. The van der Waals surface area contributed by atoms with Gasteiger partial charge in [0.2, 0.25) is 0 Å². The summed E-state index contributed by atoms with van der Waals surface area (Å²) in [5.74, 6) is -2.44. The molecule has 0 aromatic carbocycles. The fourth-order valence-electron chi connectivity index (χ4n) is 0.797. The Labute approximate surface area is 101 Å². The number of methoxy groups -OCH3 is 1. The maximum absolute atomic E-state index is 10.5. The van der Waals surface area contributed by atoms with Crippen LogP contribution in [0.4, 0.5) is 0 Å². The van der Waals surface area contributed by atoms with Crippen molar-refractivity contribution in [3.8, 4) is 0 Å². The highest BCUT2D eigenvalue weighted by atomic mass is 16.5. The van der Waals surface area contributed by atoms with Crippen molar-refractivity contribution in [2.75, 3.05) is 13.7 Å². The summed E-state index contributed by atoms with van der Waals surface area (Å²) >= 11 is 0. The first-order chi connectivity index (χ1) is 7.81. The zero-order valence-electron chi connectivity index (χ0n) is 10.5. The van der Waals surface area contributed by atoms with Gasteiger partial charge in [0.05, 0.1) is 0 Å². The zero-order chi connectivity index (χ0) is 13.8. The van der Waals surface area contributed by atoms with Gasteiger partial charge < -0.3 is 14.9 Å². The van der Waals surface area contributed by atoms with Gasteiger partial charge >= 0.3 is 11.9 Å².